The van der Waals surface area contributed by atoms with Crippen molar-refractivity contribution in [3.8, 4) is 0 Å². The zero-order chi connectivity index (χ0) is 22.7. The summed E-state index contributed by atoms with van der Waals surface area (Å²) >= 11 is 0. The molecule has 31 heavy (non-hydrogen) atoms. The van der Waals surface area contributed by atoms with Crippen molar-refractivity contribution in [2.24, 2.45) is 0 Å². The largest absolute Gasteiger partial charge is 0.448 e. The molecule has 0 unspecified atom stereocenters. The number of benzene rings is 2. The van der Waals surface area contributed by atoms with Gasteiger partial charge < -0.3 is 15.2 Å². The van der Waals surface area contributed by atoms with Gasteiger partial charge in [0.05, 0.1) is 18.5 Å². The molecule has 0 aliphatic heterocycles. The first-order valence-electron chi connectivity index (χ1n) is 9.93. The fourth-order valence-corrected chi connectivity index (χ4v) is 3.50. The molecular weight excluding hydrogens is 398 g/mol. The number of ether oxygens (including phenoxy) is 1. The Morgan fingerprint density at radius 2 is 1.74 bits per heavy atom. The third kappa shape index (κ3) is 4.64. The second kappa shape index (κ2) is 9.09. The first kappa shape index (κ1) is 22.2. The SMILES string of the molecule is Cc1cc(C)c(NC(=O)[C@@H](C)OC(=O)c2nn(CCO)c(=O)c3ccccc23)c(C)c1. The lowest BCUT2D eigenvalue weighted by Crippen LogP contribution is -2.32. The van der Waals surface area contributed by atoms with Crippen LogP contribution in [0.2, 0.25) is 0 Å². The van der Waals surface area contributed by atoms with E-state index in [2.05, 4.69) is 10.4 Å². The van der Waals surface area contributed by atoms with Crippen molar-refractivity contribution in [2.75, 3.05) is 11.9 Å². The number of anilines is 1. The average molecular weight is 423 g/mol. The van der Waals surface area contributed by atoms with Crippen LogP contribution in [0.4, 0.5) is 5.69 Å². The zero-order valence-electron chi connectivity index (χ0n) is 17.9. The second-order valence-corrected chi connectivity index (χ2v) is 7.46. The van der Waals surface area contributed by atoms with E-state index >= 15 is 0 Å². The number of nitrogens with one attached hydrogen (secondary N) is 1. The van der Waals surface area contributed by atoms with E-state index in [1.165, 1.54) is 6.92 Å². The molecule has 0 fully saturated rings. The van der Waals surface area contributed by atoms with Gasteiger partial charge in [-0.2, -0.15) is 5.10 Å². The van der Waals surface area contributed by atoms with Crippen LogP contribution in [0.3, 0.4) is 0 Å². The molecule has 2 aromatic carbocycles. The second-order valence-electron chi connectivity index (χ2n) is 7.46. The number of hydrogen-bond donors (Lipinski definition) is 2. The summed E-state index contributed by atoms with van der Waals surface area (Å²) in [6.07, 6.45) is -1.09. The van der Waals surface area contributed by atoms with Crippen molar-refractivity contribution in [2.45, 2.75) is 40.3 Å². The summed E-state index contributed by atoms with van der Waals surface area (Å²) in [6, 6.07) is 10.4. The molecule has 8 nitrogen and oxygen atoms in total. The lowest BCUT2D eigenvalue weighted by atomic mass is 10.0. The summed E-state index contributed by atoms with van der Waals surface area (Å²) in [4.78, 5) is 38.0. The van der Waals surface area contributed by atoms with Gasteiger partial charge in [-0.1, -0.05) is 35.9 Å². The molecule has 1 heterocycles. The number of carbonyl (C=O) groups is 2. The van der Waals surface area contributed by atoms with Gasteiger partial charge in [-0.05, 0) is 44.9 Å². The first-order valence-corrected chi connectivity index (χ1v) is 9.93. The van der Waals surface area contributed by atoms with Crippen LogP contribution < -0.4 is 10.9 Å². The molecule has 0 bridgehead atoms. The molecule has 2 N–H and O–H groups in total. The highest BCUT2D eigenvalue weighted by molar-refractivity contribution is 6.04. The van der Waals surface area contributed by atoms with E-state index in [-0.39, 0.29) is 24.2 Å². The predicted molar refractivity (Wildman–Crippen MR) is 117 cm³/mol. The molecule has 0 saturated carbocycles. The molecule has 8 heteroatoms. The summed E-state index contributed by atoms with van der Waals surface area (Å²) in [7, 11) is 0. The smallest absolute Gasteiger partial charge is 0.360 e. The Balaban J connectivity index is 1.86. The maximum Gasteiger partial charge on any atom is 0.360 e. The van der Waals surface area contributed by atoms with Crippen molar-refractivity contribution in [1.82, 2.24) is 9.78 Å². The third-order valence-corrected chi connectivity index (χ3v) is 4.95. The van der Waals surface area contributed by atoms with Crippen LogP contribution in [0.5, 0.6) is 0 Å². The third-order valence-electron chi connectivity index (χ3n) is 4.95. The Labute approximate surface area is 179 Å². The molecule has 0 aliphatic carbocycles. The van der Waals surface area contributed by atoms with Gasteiger partial charge in [0.15, 0.2) is 11.8 Å². The number of carbonyl (C=O) groups excluding carboxylic acids is 2. The summed E-state index contributed by atoms with van der Waals surface area (Å²) < 4.78 is 6.38. The van der Waals surface area contributed by atoms with Gasteiger partial charge in [-0.15, -0.1) is 0 Å². The quantitative estimate of drug-likeness (QED) is 0.590. The van der Waals surface area contributed by atoms with Gasteiger partial charge in [0, 0.05) is 11.1 Å². The van der Waals surface area contributed by atoms with Gasteiger partial charge in [-0.3, -0.25) is 9.59 Å². The van der Waals surface area contributed by atoms with Crippen LogP contribution in [0.25, 0.3) is 10.8 Å². The predicted octanol–water partition coefficient (Wildman–Crippen LogP) is 2.50. The van der Waals surface area contributed by atoms with Gasteiger partial charge in [-0.25, -0.2) is 9.48 Å². The van der Waals surface area contributed by atoms with E-state index in [0.717, 1.165) is 21.4 Å². The number of aromatic nitrogens is 2. The number of aliphatic hydroxyl groups is 1. The lowest BCUT2D eigenvalue weighted by molar-refractivity contribution is -0.123. The van der Waals surface area contributed by atoms with Crippen LogP contribution in [0, 0.1) is 20.8 Å². The molecule has 0 aliphatic rings. The van der Waals surface area contributed by atoms with Crippen molar-refractivity contribution < 1.29 is 19.4 Å². The minimum absolute atomic E-state index is 0.0635. The zero-order valence-corrected chi connectivity index (χ0v) is 17.9. The van der Waals surface area contributed by atoms with Crippen LogP contribution >= 0.6 is 0 Å². The highest BCUT2D eigenvalue weighted by Gasteiger charge is 2.24. The summed E-state index contributed by atoms with van der Waals surface area (Å²) in [5.74, 6) is -1.31. The Bertz CT molecular complexity index is 1190. The van der Waals surface area contributed by atoms with Gasteiger partial charge >= 0.3 is 5.97 Å². The van der Waals surface area contributed by atoms with Crippen LogP contribution in [0.15, 0.2) is 41.2 Å². The van der Waals surface area contributed by atoms with E-state index < -0.39 is 23.5 Å². The van der Waals surface area contributed by atoms with Crippen molar-refractivity contribution in [3.05, 3.63) is 69.1 Å². The summed E-state index contributed by atoms with van der Waals surface area (Å²) in [5, 5.41) is 16.7. The summed E-state index contributed by atoms with van der Waals surface area (Å²) in [5.41, 5.74) is 3.08. The van der Waals surface area contributed by atoms with E-state index in [0.29, 0.717) is 11.1 Å². The van der Waals surface area contributed by atoms with Crippen molar-refractivity contribution in [1.29, 1.82) is 0 Å². The van der Waals surface area contributed by atoms with Gasteiger partial charge in [0.2, 0.25) is 0 Å². The molecule has 0 spiro atoms. The van der Waals surface area contributed by atoms with E-state index in [1.807, 2.05) is 32.9 Å². The topological polar surface area (TPSA) is 111 Å². The molecule has 1 aromatic heterocycles. The standard InChI is InChI=1S/C23H25N3O5/c1-13-11-14(2)19(15(3)12-13)24-21(28)16(4)31-23(30)20-17-7-5-6-8-18(17)22(29)26(25-20)9-10-27/h5-8,11-12,16,27H,9-10H2,1-4H3,(H,24,28)/t16-/m1/s1. The Morgan fingerprint density at radius 1 is 1.13 bits per heavy atom. The monoisotopic (exact) mass is 423 g/mol. The fraction of sp³-hybridized carbons (Fsp3) is 0.304. The highest BCUT2D eigenvalue weighted by atomic mass is 16.5. The lowest BCUT2D eigenvalue weighted by Gasteiger charge is -2.17. The normalized spacial score (nSPS) is 11.9. The number of rotatable bonds is 6. The van der Waals surface area contributed by atoms with Gasteiger partial charge in [0.25, 0.3) is 11.5 Å². The number of aryl methyl sites for hydroxylation is 3. The van der Waals surface area contributed by atoms with Crippen LogP contribution in [-0.2, 0) is 16.1 Å². The number of aliphatic hydroxyl groups excluding tert-OH is 1. The fourth-order valence-electron chi connectivity index (χ4n) is 3.50. The Morgan fingerprint density at radius 3 is 2.35 bits per heavy atom. The molecule has 3 rings (SSSR count). The van der Waals surface area contributed by atoms with Crippen molar-refractivity contribution in [3.63, 3.8) is 0 Å². The van der Waals surface area contributed by atoms with E-state index in [4.69, 9.17) is 4.74 Å². The maximum atomic E-state index is 12.8. The number of amides is 1. The average Bonchev–Trinajstić information content (AvgIpc) is 2.72. The molecule has 3 aromatic rings. The minimum atomic E-state index is -1.09. The van der Waals surface area contributed by atoms with Crippen LogP contribution in [-0.4, -0.2) is 39.5 Å². The van der Waals surface area contributed by atoms with Gasteiger partial charge in [0.1, 0.15) is 0 Å². The number of nitrogens with zero attached hydrogens (tertiary/aromatic N) is 2. The highest BCUT2D eigenvalue weighted by Crippen LogP contribution is 2.22. The number of hydrogen-bond acceptors (Lipinski definition) is 6. The molecule has 0 radical (unpaired) electrons. The number of esters is 1. The minimum Gasteiger partial charge on any atom is -0.448 e. The first-order chi connectivity index (χ1) is 14.7. The molecule has 1 atom stereocenters. The Hall–Kier alpha value is -3.52. The van der Waals surface area contributed by atoms with E-state index in [1.54, 1.807) is 24.3 Å². The Kier molecular flexibility index (Phi) is 6.50. The van der Waals surface area contributed by atoms with E-state index in [9.17, 15) is 19.5 Å². The molecule has 1 amide bonds. The number of fused-ring (bicyclic) bond motifs is 1. The van der Waals surface area contributed by atoms with Crippen LogP contribution in [0.1, 0.15) is 34.1 Å². The molecule has 162 valence electrons. The molecule has 0 saturated heterocycles. The molecular formula is C23H25N3O5. The summed E-state index contributed by atoms with van der Waals surface area (Å²) in [6.45, 7) is 6.86. The van der Waals surface area contributed by atoms with Crippen molar-refractivity contribution >= 4 is 28.3 Å². The maximum absolute atomic E-state index is 12.8.